The Morgan fingerprint density at radius 1 is 1.18 bits per heavy atom. The third-order valence-corrected chi connectivity index (χ3v) is 4.32. The van der Waals surface area contributed by atoms with E-state index < -0.39 is 0 Å². The number of likely N-dealkylation sites (N-methyl/N-ethyl adjacent to an activating group) is 1. The van der Waals surface area contributed by atoms with Crippen LogP contribution in [0.4, 0.5) is 0 Å². The average Bonchev–Trinajstić information content (AvgIpc) is 3.20. The summed E-state index contributed by atoms with van der Waals surface area (Å²) in [4.78, 5) is 2.33. The van der Waals surface area contributed by atoms with Gasteiger partial charge in [-0.25, -0.2) is 0 Å². The highest BCUT2D eigenvalue weighted by atomic mass is 16.5. The largest absolute Gasteiger partial charge is 0.490 e. The van der Waals surface area contributed by atoms with Crippen LogP contribution in [0.5, 0.6) is 5.75 Å². The van der Waals surface area contributed by atoms with Crippen molar-refractivity contribution < 1.29 is 4.74 Å². The van der Waals surface area contributed by atoms with Gasteiger partial charge >= 0.3 is 0 Å². The number of hydrogen-bond donors (Lipinski definition) is 1. The van der Waals surface area contributed by atoms with Crippen molar-refractivity contribution in [2.45, 2.75) is 44.8 Å². The van der Waals surface area contributed by atoms with Crippen molar-refractivity contribution in [2.24, 2.45) is 0 Å². The molecule has 1 aromatic heterocycles. The smallest absolute Gasteiger partial charge is 0.119 e. The summed E-state index contributed by atoms with van der Waals surface area (Å²) in [7, 11) is 2.16. The fraction of sp³-hybridized carbons (Fsp3) is 0.500. The molecule has 3 rings (SSSR count). The highest BCUT2D eigenvalue weighted by Crippen LogP contribution is 2.24. The molecule has 0 radical (unpaired) electrons. The molecule has 0 atom stereocenters. The van der Waals surface area contributed by atoms with Gasteiger partial charge in [-0.2, -0.15) is 5.10 Å². The van der Waals surface area contributed by atoms with E-state index in [4.69, 9.17) is 4.74 Å². The SMILES string of the molecule is CN(CCc1cn[nH]c1)Cc1ccc(OC2CCCC2)cc1. The first-order valence-electron chi connectivity index (χ1n) is 8.21. The number of H-pyrrole nitrogens is 1. The van der Waals surface area contributed by atoms with Crippen LogP contribution in [-0.2, 0) is 13.0 Å². The molecule has 4 nitrogen and oxygen atoms in total. The van der Waals surface area contributed by atoms with Gasteiger partial charge in [-0.05, 0) is 62.4 Å². The van der Waals surface area contributed by atoms with Crippen molar-refractivity contribution in [3.63, 3.8) is 0 Å². The summed E-state index contributed by atoms with van der Waals surface area (Å²) in [6, 6.07) is 8.58. The first-order chi connectivity index (χ1) is 10.8. The van der Waals surface area contributed by atoms with Crippen molar-refractivity contribution in [3.05, 3.63) is 47.8 Å². The van der Waals surface area contributed by atoms with E-state index in [1.807, 2.05) is 12.4 Å². The normalized spacial score (nSPS) is 15.5. The van der Waals surface area contributed by atoms with Crippen LogP contribution in [0.1, 0.15) is 36.8 Å². The quantitative estimate of drug-likeness (QED) is 0.852. The Hall–Kier alpha value is -1.81. The molecule has 0 aliphatic heterocycles. The van der Waals surface area contributed by atoms with E-state index in [9.17, 15) is 0 Å². The maximum Gasteiger partial charge on any atom is 0.119 e. The second-order valence-corrected chi connectivity index (χ2v) is 6.26. The van der Waals surface area contributed by atoms with E-state index in [0.717, 1.165) is 25.3 Å². The van der Waals surface area contributed by atoms with Gasteiger partial charge in [0.05, 0.1) is 12.3 Å². The van der Waals surface area contributed by atoms with E-state index in [0.29, 0.717) is 6.10 Å². The molecule has 22 heavy (non-hydrogen) atoms. The van der Waals surface area contributed by atoms with Gasteiger partial charge in [-0.1, -0.05) is 12.1 Å². The molecule has 118 valence electrons. The topological polar surface area (TPSA) is 41.2 Å². The zero-order chi connectivity index (χ0) is 15.2. The minimum Gasteiger partial charge on any atom is -0.490 e. The van der Waals surface area contributed by atoms with Crippen molar-refractivity contribution in [1.82, 2.24) is 15.1 Å². The fourth-order valence-electron chi connectivity index (χ4n) is 3.00. The maximum atomic E-state index is 6.01. The number of hydrogen-bond acceptors (Lipinski definition) is 3. The lowest BCUT2D eigenvalue weighted by molar-refractivity contribution is 0.210. The van der Waals surface area contributed by atoms with Gasteiger partial charge in [0.15, 0.2) is 0 Å². The van der Waals surface area contributed by atoms with E-state index in [1.165, 1.54) is 36.8 Å². The predicted octanol–water partition coefficient (Wildman–Crippen LogP) is 3.41. The molecule has 0 amide bonds. The van der Waals surface area contributed by atoms with Gasteiger partial charge < -0.3 is 9.64 Å². The number of nitrogens with one attached hydrogen (secondary N) is 1. The predicted molar refractivity (Wildman–Crippen MR) is 88.0 cm³/mol. The summed E-state index contributed by atoms with van der Waals surface area (Å²) in [5.74, 6) is 1.01. The van der Waals surface area contributed by atoms with Crippen LogP contribution in [0.15, 0.2) is 36.7 Å². The number of rotatable bonds is 7. The molecular weight excluding hydrogens is 274 g/mol. The van der Waals surface area contributed by atoms with Crippen LogP contribution in [-0.4, -0.2) is 34.8 Å². The van der Waals surface area contributed by atoms with Gasteiger partial charge in [-0.15, -0.1) is 0 Å². The maximum absolute atomic E-state index is 6.01. The Morgan fingerprint density at radius 3 is 2.64 bits per heavy atom. The number of benzene rings is 1. The van der Waals surface area contributed by atoms with Crippen LogP contribution in [0.2, 0.25) is 0 Å². The number of aromatic amines is 1. The Morgan fingerprint density at radius 2 is 1.95 bits per heavy atom. The Labute approximate surface area is 132 Å². The molecule has 1 N–H and O–H groups in total. The van der Waals surface area contributed by atoms with Gasteiger partial charge in [0.1, 0.15) is 5.75 Å². The summed E-state index contributed by atoms with van der Waals surface area (Å²) in [5.41, 5.74) is 2.58. The van der Waals surface area contributed by atoms with Crippen LogP contribution in [0, 0.1) is 0 Å². The molecule has 0 saturated heterocycles. The molecule has 1 heterocycles. The minimum absolute atomic E-state index is 0.434. The minimum atomic E-state index is 0.434. The molecule has 1 fully saturated rings. The van der Waals surface area contributed by atoms with Crippen LogP contribution in [0.25, 0.3) is 0 Å². The molecule has 1 aliphatic rings. The first-order valence-corrected chi connectivity index (χ1v) is 8.21. The van der Waals surface area contributed by atoms with E-state index in [2.05, 4.69) is 46.4 Å². The lowest BCUT2D eigenvalue weighted by Gasteiger charge is -2.17. The summed E-state index contributed by atoms with van der Waals surface area (Å²) in [6.45, 7) is 1.99. The van der Waals surface area contributed by atoms with Crippen molar-refractivity contribution >= 4 is 0 Å². The lowest BCUT2D eigenvalue weighted by Crippen LogP contribution is -2.20. The van der Waals surface area contributed by atoms with Gasteiger partial charge in [0.25, 0.3) is 0 Å². The average molecular weight is 299 g/mol. The number of nitrogens with zero attached hydrogens (tertiary/aromatic N) is 2. The zero-order valence-electron chi connectivity index (χ0n) is 13.3. The molecule has 1 saturated carbocycles. The molecular formula is C18H25N3O. The third-order valence-electron chi connectivity index (χ3n) is 4.32. The van der Waals surface area contributed by atoms with Crippen LogP contribution >= 0.6 is 0 Å². The van der Waals surface area contributed by atoms with E-state index in [-0.39, 0.29) is 0 Å². The zero-order valence-corrected chi connectivity index (χ0v) is 13.3. The summed E-state index contributed by atoms with van der Waals surface area (Å²) < 4.78 is 6.01. The first kappa shape index (κ1) is 15.1. The highest BCUT2D eigenvalue weighted by molar-refractivity contribution is 5.27. The molecule has 0 spiro atoms. The summed E-state index contributed by atoms with van der Waals surface area (Å²) in [5, 5.41) is 6.83. The standard InChI is InChI=1S/C18H25N3O/c1-21(11-10-16-12-19-20-13-16)14-15-6-8-18(9-7-15)22-17-4-2-3-5-17/h6-9,12-13,17H,2-5,10-11,14H2,1H3,(H,19,20). The number of aromatic nitrogens is 2. The van der Waals surface area contributed by atoms with Crippen LogP contribution in [0.3, 0.4) is 0 Å². The monoisotopic (exact) mass is 299 g/mol. The lowest BCUT2D eigenvalue weighted by atomic mass is 10.2. The summed E-state index contributed by atoms with van der Waals surface area (Å²) in [6.07, 6.45) is 10.3. The number of ether oxygens (including phenoxy) is 1. The summed E-state index contributed by atoms with van der Waals surface area (Å²) >= 11 is 0. The molecule has 0 unspecified atom stereocenters. The van der Waals surface area contributed by atoms with Gasteiger partial charge in [0, 0.05) is 19.3 Å². The second kappa shape index (κ2) is 7.45. The molecule has 2 aromatic rings. The Bertz CT molecular complexity index is 544. The second-order valence-electron chi connectivity index (χ2n) is 6.26. The highest BCUT2D eigenvalue weighted by Gasteiger charge is 2.16. The molecule has 1 aromatic carbocycles. The molecule has 0 bridgehead atoms. The van der Waals surface area contributed by atoms with Crippen molar-refractivity contribution in [1.29, 1.82) is 0 Å². The van der Waals surface area contributed by atoms with Gasteiger partial charge in [-0.3, -0.25) is 5.10 Å². The van der Waals surface area contributed by atoms with E-state index >= 15 is 0 Å². The van der Waals surface area contributed by atoms with E-state index in [1.54, 1.807) is 0 Å². The Balaban J connectivity index is 1.45. The van der Waals surface area contributed by atoms with Crippen molar-refractivity contribution in [2.75, 3.05) is 13.6 Å². The van der Waals surface area contributed by atoms with Crippen LogP contribution < -0.4 is 4.74 Å². The third kappa shape index (κ3) is 4.34. The fourth-order valence-corrected chi connectivity index (χ4v) is 3.00. The Kier molecular flexibility index (Phi) is 5.11. The van der Waals surface area contributed by atoms with Gasteiger partial charge in [0.2, 0.25) is 0 Å². The molecule has 4 heteroatoms. The molecule has 1 aliphatic carbocycles. The van der Waals surface area contributed by atoms with Crippen molar-refractivity contribution in [3.8, 4) is 5.75 Å².